The zero-order chi connectivity index (χ0) is 19.5. The van der Waals surface area contributed by atoms with Gasteiger partial charge in [0.05, 0.1) is 36.2 Å². The van der Waals surface area contributed by atoms with Crippen LogP contribution in [0.5, 0.6) is 0 Å². The molecule has 9 nitrogen and oxygen atoms in total. The Bertz CT molecular complexity index is 790. The molecule has 1 aromatic rings. The number of esters is 2. The second-order valence-corrected chi connectivity index (χ2v) is 7.68. The van der Waals surface area contributed by atoms with Crippen LogP contribution >= 0.6 is 0 Å². The number of aliphatic carboxylic acids is 1. The van der Waals surface area contributed by atoms with Gasteiger partial charge in [0, 0.05) is 13.1 Å². The molecule has 0 amide bonds. The van der Waals surface area contributed by atoms with Crippen molar-refractivity contribution in [2.24, 2.45) is 5.92 Å². The van der Waals surface area contributed by atoms with Crippen molar-refractivity contribution in [2.45, 2.75) is 17.7 Å². The van der Waals surface area contributed by atoms with E-state index in [1.54, 1.807) is 0 Å². The monoisotopic (exact) mass is 385 g/mol. The molecule has 1 fully saturated rings. The summed E-state index contributed by atoms with van der Waals surface area (Å²) >= 11 is 0. The van der Waals surface area contributed by atoms with Crippen LogP contribution in [0.4, 0.5) is 0 Å². The van der Waals surface area contributed by atoms with Crippen LogP contribution in [0.2, 0.25) is 0 Å². The van der Waals surface area contributed by atoms with Gasteiger partial charge in [-0.3, -0.25) is 4.79 Å². The predicted molar refractivity (Wildman–Crippen MR) is 88.2 cm³/mol. The fourth-order valence-corrected chi connectivity index (χ4v) is 4.25. The molecule has 0 saturated carbocycles. The van der Waals surface area contributed by atoms with E-state index in [-0.39, 0.29) is 42.0 Å². The first-order valence-corrected chi connectivity index (χ1v) is 9.19. The summed E-state index contributed by atoms with van der Waals surface area (Å²) in [6.45, 7) is 0.0740. The van der Waals surface area contributed by atoms with E-state index < -0.39 is 33.8 Å². The first-order valence-electron chi connectivity index (χ1n) is 7.75. The van der Waals surface area contributed by atoms with Crippen molar-refractivity contribution in [1.82, 2.24) is 4.31 Å². The number of methoxy groups -OCH3 is 2. The van der Waals surface area contributed by atoms with Crippen molar-refractivity contribution in [3.05, 3.63) is 29.3 Å². The zero-order valence-electron chi connectivity index (χ0n) is 14.3. The number of piperidine rings is 1. The number of nitrogens with zero attached hydrogens (tertiary/aromatic N) is 1. The molecule has 1 aliphatic heterocycles. The molecule has 1 aliphatic rings. The number of carboxylic acid groups (broad SMARTS) is 1. The van der Waals surface area contributed by atoms with Crippen molar-refractivity contribution >= 4 is 27.9 Å². The highest BCUT2D eigenvalue weighted by atomic mass is 32.2. The maximum Gasteiger partial charge on any atom is 0.337 e. The summed E-state index contributed by atoms with van der Waals surface area (Å²) in [4.78, 5) is 34.4. The Morgan fingerprint density at radius 2 is 1.46 bits per heavy atom. The average molecular weight is 385 g/mol. The maximum absolute atomic E-state index is 12.9. The van der Waals surface area contributed by atoms with Crippen molar-refractivity contribution in [3.8, 4) is 0 Å². The lowest BCUT2D eigenvalue weighted by Gasteiger charge is -2.29. The Kier molecular flexibility index (Phi) is 5.98. The summed E-state index contributed by atoms with van der Waals surface area (Å²) in [5.41, 5.74) is -0.205. The first-order chi connectivity index (χ1) is 12.2. The van der Waals surface area contributed by atoms with Crippen LogP contribution in [0, 0.1) is 5.92 Å². The van der Waals surface area contributed by atoms with Crippen LogP contribution in [-0.4, -0.2) is 63.0 Å². The summed E-state index contributed by atoms with van der Waals surface area (Å²) in [6, 6.07) is 3.43. The molecule has 0 atom stereocenters. The number of benzene rings is 1. The molecule has 10 heteroatoms. The van der Waals surface area contributed by atoms with Crippen molar-refractivity contribution in [2.75, 3.05) is 27.3 Å². The molecule has 0 aromatic heterocycles. The van der Waals surface area contributed by atoms with Gasteiger partial charge in [-0.15, -0.1) is 0 Å². The number of hydrogen-bond acceptors (Lipinski definition) is 7. The van der Waals surface area contributed by atoms with Crippen LogP contribution < -0.4 is 0 Å². The number of carbonyl (C=O) groups is 3. The Labute approximate surface area is 150 Å². The van der Waals surface area contributed by atoms with Crippen LogP contribution in [0.1, 0.15) is 33.6 Å². The van der Waals surface area contributed by atoms with E-state index in [1.807, 2.05) is 0 Å². The topological polar surface area (TPSA) is 127 Å². The highest BCUT2D eigenvalue weighted by Crippen LogP contribution is 2.26. The van der Waals surface area contributed by atoms with Gasteiger partial charge in [-0.2, -0.15) is 4.31 Å². The van der Waals surface area contributed by atoms with Crippen molar-refractivity contribution in [1.29, 1.82) is 0 Å². The number of hydrogen-bond donors (Lipinski definition) is 1. The molecule has 26 heavy (non-hydrogen) atoms. The average Bonchev–Trinajstić information content (AvgIpc) is 2.66. The zero-order valence-corrected chi connectivity index (χ0v) is 15.1. The smallest absolute Gasteiger partial charge is 0.337 e. The number of carboxylic acids is 1. The van der Waals surface area contributed by atoms with Gasteiger partial charge in [0.15, 0.2) is 0 Å². The Balaban J connectivity index is 2.40. The van der Waals surface area contributed by atoms with Gasteiger partial charge in [0.2, 0.25) is 10.0 Å². The minimum atomic E-state index is -4.01. The molecule has 0 bridgehead atoms. The second-order valence-electron chi connectivity index (χ2n) is 5.75. The number of carbonyl (C=O) groups excluding carboxylic acids is 2. The first kappa shape index (κ1) is 19.9. The highest BCUT2D eigenvalue weighted by Gasteiger charge is 2.33. The lowest BCUT2D eigenvalue weighted by molar-refractivity contribution is -0.142. The van der Waals surface area contributed by atoms with E-state index in [0.717, 1.165) is 30.7 Å². The fourth-order valence-electron chi connectivity index (χ4n) is 2.71. The molecular formula is C16H19NO8S. The van der Waals surface area contributed by atoms with Crippen LogP contribution in [0.15, 0.2) is 23.1 Å². The van der Waals surface area contributed by atoms with Crippen LogP contribution in [0.25, 0.3) is 0 Å². The molecule has 2 rings (SSSR count). The summed E-state index contributed by atoms with van der Waals surface area (Å²) in [7, 11) is -1.74. The van der Waals surface area contributed by atoms with Gasteiger partial charge in [0.1, 0.15) is 0 Å². The molecule has 142 valence electrons. The summed E-state index contributed by atoms with van der Waals surface area (Å²) in [6.07, 6.45) is 0.379. The third-order valence-corrected chi connectivity index (χ3v) is 6.07. The van der Waals surface area contributed by atoms with E-state index in [2.05, 4.69) is 9.47 Å². The lowest BCUT2D eigenvalue weighted by atomic mass is 9.99. The Hall–Kier alpha value is -2.46. The summed E-state index contributed by atoms with van der Waals surface area (Å²) in [5.74, 6) is -3.13. The normalized spacial score (nSPS) is 16.1. The fraction of sp³-hybridized carbons (Fsp3) is 0.438. The quantitative estimate of drug-likeness (QED) is 0.736. The largest absolute Gasteiger partial charge is 0.481 e. The van der Waals surface area contributed by atoms with Crippen molar-refractivity contribution < 1.29 is 37.4 Å². The van der Waals surface area contributed by atoms with Gasteiger partial charge in [-0.1, -0.05) is 0 Å². The van der Waals surface area contributed by atoms with Gasteiger partial charge in [-0.05, 0) is 31.0 Å². The standard InChI is InChI=1S/C16H19NO8S/c1-24-15(20)11-7-12(16(21)25-2)9-13(8-11)26(22,23)17-5-3-10(4-6-17)14(18)19/h7-10H,3-6H2,1-2H3,(H,18,19). The van der Waals surface area contributed by atoms with E-state index in [4.69, 9.17) is 5.11 Å². The van der Waals surface area contributed by atoms with Gasteiger partial charge < -0.3 is 14.6 Å². The van der Waals surface area contributed by atoms with Crippen LogP contribution in [0.3, 0.4) is 0 Å². The summed E-state index contributed by atoms with van der Waals surface area (Å²) < 4.78 is 36.1. The Morgan fingerprint density at radius 1 is 1.00 bits per heavy atom. The molecular weight excluding hydrogens is 366 g/mol. The second kappa shape index (κ2) is 7.83. The number of ether oxygens (including phenoxy) is 2. The highest BCUT2D eigenvalue weighted by molar-refractivity contribution is 7.89. The predicted octanol–water partition coefficient (Wildman–Crippen LogP) is 0.745. The molecule has 1 heterocycles. The minimum Gasteiger partial charge on any atom is -0.481 e. The van der Waals surface area contributed by atoms with Crippen LogP contribution in [-0.2, 0) is 24.3 Å². The van der Waals surface area contributed by atoms with Gasteiger partial charge in [0.25, 0.3) is 0 Å². The van der Waals surface area contributed by atoms with E-state index in [9.17, 15) is 22.8 Å². The molecule has 0 unspecified atom stereocenters. The molecule has 1 aromatic carbocycles. The number of rotatable bonds is 5. The van der Waals surface area contributed by atoms with Gasteiger partial charge >= 0.3 is 17.9 Å². The SMILES string of the molecule is COC(=O)c1cc(C(=O)OC)cc(S(=O)(=O)N2CCC(C(=O)O)CC2)c1. The lowest BCUT2D eigenvalue weighted by Crippen LogP contribution is -2.40. The van der Waals surface area contributed by atoms with Crippen molar-refractivity contribution in [3.63, 3.8) is 0 Å². The summed E-state index contributed by atoms with van der Waals surface area (Å²) in [5, 5.41) is 9.02. The Morgan fingerprint density at radius 3 is 1.85 bits per heavy atom. The molecule has 0 spiro atoms. The van der Waals surface area contributed by atoms with E-state index in [0.29, 0.717) is 0 Å². The molecule has 1 N–H and O–H groups in total. The molecule has 1 saturated heterocycles. The third kappa shape index (κ3) is 4.02. The molecule has 0 radical (unpaired) electrons. The van der Waals surface area contributed by atoms with Gasteiger partial charge in [-0.25, -0.2) is 18.0 Å². The molecule has 0 aliphatic carbocycles. The third-order valence-electron chi connectivity index (χ3n) is 4.19. The van der Waals surface area contributed by atoms with E-state index >= 15 is 0 Å². The number of sulfonamides is 1. The maximum atomic E-state index is 12.9. The van der Waals surface area contributed by atoms with E-state index in [1.165, 1.54) is 6.07 Å². The minimum absolute atomic E-state index is 0.0370.